The lowest BCUT2D eigenvalue weighted by Gasteiger charge is -2.01. The fourth-order valence-electron chi connectivity index (χ4n) is 0.853. The minimum absolute atomic E-state index is 0.122. The maximum Gasteiger partial charge on any atom is 0.335 e. The Bertz CT molecular complexity index is 449. The SMILES string of the molecule is [CH2]OS(=O)(=O)c1cccc(C(=O)O)c1. The molecule has 0 aliphatic heterocycles. The van der Waals surface area contributed by atoms with Crippen molar-refractivity contribution in [1.82, 2.24) is 0 Å². The van der Waals surface area contributed by atoms with Gasteiger partial charge in [0.15, 0.2) is 0 Å². The number of carboxylic acid groups (broad SMARTS) is 1. The molecular weight excluding hydrogens is 208 g/mol. The van der Waals surface area contributed by atoms with Crippen LogP contribution in [0, 0.1) is 7.11 Å². The van der Waals surface area contributed by atoms with Gasteiger partial charge in [0.2, 0.25) is 0 Å². The predicted molar refractivity (Wildman–Crippen MR) is 47.0 cm³/mol. The Labute approximate surface area is 81.1 Å². The standard InChI is InChI=1S/C8H7O5S/c1-13-14(11,12)7-4-2-3-6(5-7)8(9)10/h2-5H,1H2,(H,9,10). The number of aromatic carboxylic acids is 1. The minimum atomic E-state index is -3.93. The first-order chi connectivity index (χ1) is 6.47. The summed E-state index contributed by atoms with van der Waals surface area (Å²) in [4.78, 5) is 10.3. The molecule has 0 aliphatic rings. The molecule has 0 bridgehead atoms. The summed E-state index contributed by atoms with van der Waals surface area (Å²) < 4.78 is 26.2. The van der Waals surface area contributed by atoms with Crippen LogP contribution in [0.15, 0.2) is 29.2 Å². The van der Waals surface area contributed by atoms with Crippen LogP contribution in [-0.2, 0) is 14.3 Å². The fraction of sp³-hybridized carbons (Fsp3) is 0. The monoisotopic (exact) mass is 215 g/mol. The number of carboxylic acids is 1. The molecule has 0 saturated heterocycles. The van der Waals surface area contributed by atoms with Crippen LogP contribution in [0.2, 0.25) is 0 Å². The quantitative estimate of drug-likeness (QED) is 0.757. The van der Waals surface area contributed by atoms with Crippen molar-refractivity contribution in [3.63, 3.8) is 0 Å². The van der Waals surface area contributed by atoms with E-state index in [9.17, 15) is 13.2 Å². The smallest absolute Gasteiger partial charge is 0.335 e. The van der Waals surface area contributed by atoms with Crippen LogP contribution in [0.25, 0.3) is 0 Å². The van der Waals surface area contributed by atoms with Crippen LogP contribution in [0.1, 0.15) is 10.4 Å². The van der Waals surface area contributed by atoms with Gasteiger partial charge in [-0.25, -0.2) is 4.79 Å². The van der Waals surface area contributed by atoms with Gasteiger partial charge in [0.25, 0.3) is 10.1 Å². The van der Waals surface area contributed by atoms with Gasteiger partial charge in [-0.15, -0.1) is 0 Å². The van der Waals surface area contributed by atoms with Gasteiger partial charge in [-0.3, -0.25) is 4.18 Å². The molecule has 1 aromatic rings. The topological polar surface area (TPSA) is 80.7 Å². The molecule has 1 aromatic carbocycles. The molecule has 1 rings (SSSR count). The average Bonchev–Trinajstić information content (AvgIpc) is 2.18. The van der Waals surface area contributed by atoms with E-state index in [1.54, 1.807) is 0 Å². The maximum absolute atomic E-state index is 11.1. The maximum atomic E-state index is 11.1. The van der Waals surface area contributed by atoms with Gasteiger partial charge in [-0.1, -0.05) is 6.07 Å². The van der Waals surface area contributed by atoms with Crippen molar-refractivity contribution in [2.75, 3.05) is 0 Å². The van der Waals surface area contributed by atoms with E-state index >= 15 is 0 Å². The third-order valence-electron chi connectivity index (χ3n) is 1.52. The fourth-order valence-corrected chi connectivity index (χ4v) is 1.51. The predicted octanol–water partition coefficient (Wildman–Crippen LogP) is 0.882. The van der Waals surface area contributed by atoms with Crippen molar-refractivity contribution in [2.24, 2.45) is 0 Å². The lowest BCUT2D eigenvalue weighted by molar-refractivity contribution is 0.0696. The van der Waals surface area contributed by atoms with Crippen LogP contribution in [0.4, 0.5) is 0 Å². The molecular formula is C8H7O5S. The number of rotatable bonds is 3. The van der Waals surface area contributed by atoms with E-state index in [2.05, 4.69) is 11.3 Å². The lowest BCUT2D eigenvalue weighted by Crippen LogP contribution is -2.04. The highest BCUT2D eigenvalue weighted by Gasteiger charge is 2.14. The van der Waals surface area contributed by atoms with Crippen molar-refractivity contribution in [3.05, 3.63) is 36.9 Å². The molecule has 0 aliphatic carbocycles. The van der Waals surface area contributed by atoms with Crippen molar-refractivity contribution < 1.29 is 22.5 Å². The molecule has 6 heteroatoms. The molecule has 5 nitrogen and oxygen atoms in total. The summed E-state index contributed by atoms with van der Waals surface area (Å²) in [5.41, 5.74) is -0.122. The molecule has 0 aromatic heterocycles. The second-order valence-corrected chi connectivity index (χ2v) is 4.02. The largest absolute Gasteiger partial charge is 0.478 e. The number of hydrogen-bond acceptors (Lipinski definition) is 4. The molecule has 1 radical (unpaired) electrons. The minimum Gasteiger partial charge on any atom is -0.478 e. The first kappa shape index (κ1) is 10.7. The molecule has 0 spiro atoms. The Morgan fingerprint density at radius 1 is 1.43 bits per heavy atom. The summed E-state index contributed by atoms with van der Waals surface area (Å²) >= 11 is 0. The summed E-state index contributed by atoms with van der Waals surface area (Å²) in [5.74, 6) is -1.20. The number of hydrogen-bond donors (Lipinski definition) is 1. The summed E-state index contributed by atoms with van der Waals surface area (Å²) in [7, 11) is -1.16. The zero-order valence-corrected chi connectivity index (χ0v) is 7.82. The molecule has 0 amide bonds. The van der Waals surface area contributed by atoms with E-state index in [-0.39, 0.29) is 10.5 Å². The van der Waals surface area contributed by atoms with Gasteiger partial charge < -0.3 is 5.11 Å². The highest BCUT2D eigenvalue weighted by atomic mass is 32.2. The average molecular weight is 215 g/mol. The zero-order chi connectivity index (χ0) is 10.8. The van der Waals surface area contributed by atoms with Gasteiger partial charge in [-0.2, -0.15) is 8.42 Å². The number of carbonyl (C=O) groups is 1. The summed E-state index contributed by atoms with van der Waals surface area (Å²) in [5, 5.41) is 8.60. The Balaban J connectivity index is 3.26. The van der Waals surface area contributed by atoms with Crippen molar-refractivity contribution in [2.45, 2.75) is 4.90 Å². The Morgan fingerprint density at radius 3 is 2.57 bits per heavy atom. The molecule has 0 heterocycles. The lowest BCUT2D eigenvalue weighted by atomic mass is 10.2. The Hall–Kier alpha value is -1.40. The summed E-state index contributed by atoms with van der Waals surface area (Å²) in [6.07, 6.45) is 0. The molecule has 0 saturated carbocycles. The second-order valence-electron chi connectivity index (χ2n) is 2.40. The third kappa shape index (κ3) is 2.09. The van der Waals surface area contributed by atoms with Crippen LogP contribution < -0.4 is 0 Å². The Morgan fingerprint density at radius 2 is 2.07 bits per heavy atom. The van der Waals surface area contributed by atoms with E-state index in [0.29, 0.717) is 0 Å². The highest BCUT2D eigenvalue weighted by Crippen LogP contribution is 2.13. The van der Waals surface area contributed by atoms with Crippen LogP contribution in [-0.4, -0.2) is 19.5 Å². The third-order valence-corrected chi connectivity index (χ3v) is 2.67. The number of benzene rings is 1. The van der Waals surface area contributed by atoms with Gasteiger partial charge in [0, 0.05) is 0 Å². The van der Waals surface area contributed by atoms with Gasteiger partial charge in [-0.05, 0) is 18.2 Å². The van der Waals surface area contributed by atoms with Gasteiger partial charge >= 0.3 is 5.97 Å². The first-order valence-corrected chi connectivity index (χ1v) is 4.90. The second kappa shape index (κ2) is 3.77. The molecule has 0 fully saturated rings. The van der Waals surface area contributed by atoms with Crippen molar-refractivity contribution in [3.8, 4) is 0 Å². The molecule has 75 valence electrons. The zero-order valence-electron chi connectivity index (χ0n) is 7.00. The molecule has 1 N–H and O–H groups in total. The van der Waals surface area contributed by atoms with E-state index in [4.69, 9.17) is 5.11 Å². The normalized spacial score (nSPS) is 11.2. The van der Waals surface area contributed by atoms with Crippen LogP contribution in [0.3, 0.4) is 0 Å². The summed E-state index contributed by atoms with van der Waals surface area (Å²) in [6.45, 7) is 0. The van der Waals surface area contributed by atoms with E-state index < -0.39 is 16.1 Å². The van der Waals surface area contributed by atoms with Crippen molar-refractivity contribution >= 4 is 16.1 Å². The van der Waals surface area contributed by atoms with Crippen LogP contribution >= 0.6 is 0 Å². The van der Waals surface area contributed by atoms with E-state index in [1.165, 1.54) is 18.2 Å². The summed E-state index contributed by atoms with van der Waals surface area (Å²) in [6, 6.07) is 4.83. The molecule has 0 unspecified atom stereocenters. The van der Waals surface area contributed by atoms with Gasteiger partial charge in [0.1, 0.15) is 0 Å². The van der Waals surface area contributed by atoms with E-state index in [0.717, 1.165) is 6.07 Å². The Kier molecular flexibility index (Phi) is 2.87. The van der Waals surface area contributed by atoms with Gasteiger partial charge in [0.05, 0.1) is 17.6 Å². The molecule has 0 atom stereocenters. The molecule has 14 heavy (non-hydrogen) atoms. The highest BCUT2D eigenvalue weighted by molar-refractivity contribution is 7.86. The van der Waals surface area contributed by atoms with Crippen LogP contribution in [0.5, 0.6) is 0 Å². The van der Waals surface area contributed by atoms with Crippen molar-refractivity contribution in [1.29, 1.82) is 0 Å². The first-order valence-electron chi connectivity index (χ1n) is 3.49. The van der Waals surface area contributed by atoms with E-state index in [1.807, 2.05) is 0 Å².